The third kappa shape index (κ3) is 6.31. The van der Waals surface area contributed by atoms with Crippen molar-refractivity contribution in [2.24, 2.45) is 5.92 Å². The minimum absolute atomic E-state index is 0.0989. The van der Waals surface area contributed by atoms with Gasteiger partial charge in [-0.3, -0.25) is 14.2 Å². The summed E-state index contributed by atoms with van der Waals surface area (Å²) in [6, 6.07) is 16.4. The van der Waals surface area contributed by atoms with Crippen molar-refractivity contribution in [2.45, 2.75) is 57.7 Å². The summed E-state index contributed by atoms with van der Waals surface area (Å²) in [5, 5.41) is 13.6. The van der Waals surface area contributed by atoms with Crippen molar-refractivity contribution >= 4 is 11.7 Å². The Balaban J connectivity index is 1.39. The molecule has 2 aliphatic rings. The number of nitrogens with one attached hydrogen (secondary N) is 4. The number of hydrogen-bond acceptors (Lipinski definition) is 6. The molecule has 3 aromatic rings. The summed E-state index contributed by atoms with van der Waals surface area (Å²) in [5.74, 6) is 0.397. The van der Waals surface area contributed by atoms with E-state index in [1.54, 1.807) is 23.0 Å². The van der Waals surface area contributed by atoms with Crippen LogP contribution in [0.2, 0.25) is 0 Å². The first kappa shape index (κ1) is 26.1. The van der Waals surface area contributed by atoms with E-state index in [9.17, 15) is 9.59 Å². The number of nitrogens with zero attached hydrogens (tertiary/aromatic N) is 2. The Morgan fingerprint density at radius 1 is 1.08 bits per heavy atom. The van der Waals surface area contributed by atoms with Gasteiger partial charge in [-0.15, -0.1) is 0 Å². The minimum atomic E-state index is -0.241. The Hall–Kier alpha value is -3.49. The predicted molar refractivity (Wildman–Crippen MR) is 151 cm³/mol. The number of rotatable bonds is 10. The molecule has 2 heterocycles. The van der Waals surface area contributed by atoms with Crippen LogP contribution in [-0.4, -0.2) is 47.2 Å². The van der Waals surface area contributed by atoms with Gasteiger partial charge in [-0.2, -0.15) is 0 Å². The molecule has 8 nitrogen and oxygen atoms in total. The molecule has 1 saturated carbocycles. The highest BCUT2D eigenvalue weighted by Gasteiger charge is 2.25. The normalized spacial score (nSPS) is 17.5. The van der Waals surface area contributed by atoms with Gasteiger partial charge in [-0.1, -0.05) is 43.3 Å². The van der Waals surface area contributed by atoms with Crippen LogP contribution in [0.15, 0.2) is 65.7 Å². The average Bonchev–Trinajstić information content (AvgIpc) is 3.76. The van der Waals surface area contributed by atoms with E-state index >= 15 is 0 Å². The smallest absolute Gasteiger partial charge is 0.297 e. The molecule has 0 unspecified atom stereocenters. The molecule has 1 amide bonds. The molecule has 1 aliphatic carbocycles. The van der Waals surface area contributed by atoms with Gasteiger partial charge in [0.15, 0.2) is 5.82 Å². The second-order valence-corrected chi connectivity index (χ2v) is 10.6. The van der Waals surface area contributed by atoms with E-state index in [4.69, 9.17) is 0 Å². The molecule has 5 rings (SSSR count). The molecular weight excluding hydrogens is 476 g/mol. The maximum absolute atomic E-state index is 13.7. The lowest BCUT2D eigenvalue weighted by atomic mass is 9.93. The number of aromatic nitrogens is 2. The molecule has 2 aromatic carbocycles. The van der Waals surface area contributed by atoms with Gasteiger partial charge in [-0.05, 0) is 74.9 Å². The van der Waals surface area contributed by atoms with Crippen LogP contribution in [0.1, 0.15) is 60.1 Å². The Morgan fingerprint density at radius 3 is 2.58 bits per heavy atom. The van der Waals surface area contributed by atoms with Crippen LogP contribution in [-0.2, 0) is 0 Å². The van der Waals surface area contributed by atoms with Crippen LogP contribution in [0.5, 0.6) is 0 Å². The van der Waals surface area contributed by atoms with Gasteiger partial charge in [-0.25, -0.2) is 4.98 Å². The van der Waals surface area contributed by atoms with Crippen LogP contribution in [0.25, 0.3) is 5.69 Å². The van der Waals surface area contributed by atoms with Crippen molar-refractivity contribution in [3.05, 3.63) is 88.0 Å². The predicted octanol–water partition coefficient (Wildman–Crippen LogP) is 3.56. The highest BCUT2D eigenvalue weighted by atomic mass is 16.2. The van der Waals surface area contributed by atoms with Gasteiger partial charge in [0.05, 0.1) is 11.7 Å². The SMILES string of the molecule is Cc1ccc(C(=O)NC2CC2)cc1-n1ccnc(N[C@@H](c2ccccc2)[C@@H](C)CNC2CCNCC2)c1=O. The molecule has 0 radical (unpaired) electrons. The molecule has 4 N–H and O–H groups in total. The highest BCUT2D eigenvalue weighted by Crippen LogP contribution is 2.26. The van der Waals surface area contributed by atoms with Gasteiger partial charge < -0.3 is 21.3 Å². The Kier molecular flexibility index (Phi) is 8.20. The maximum atomic E-state index is 13.7. The molecule has 0 bridgehead atoms. The van der Waals surface area contributed by atoms with Crippen LogP contribution in [0.4, 0.5) is 5.82 Å². The standard InChI is InChI=1S/C30H38N6O2/c1-20-8-9-23(29(37)34-25-10-11-25)18-26(20)36-17-16-32-28(30(36)38)35-27(22-6-4-3-5-7-22)21(2)19-33-24-12-14-31-15-13-24/h3-9,16-18,21,24-25,27,31,33H,10-15,19H2,1-2H3,(H,32,35)(H,34,37)/t21-,27+/m0/s1. The van der Waals surface area contributed by atoms with Gasteiger partial charge in [0.25, 0.3) is 11.5 Å². The van der Waals surface area contributed by atoms with Gasteiger partial charge in [0.2, 0.25) is 0 Å². The summed E-state index contributed by atoms with van der Waals surface area (Å²) in [4.78, 5) is 30.8. The fourth-order valence-electron chi connectivity index (χ4n) is 5.07. The number of carbonyl (C=O) groups excluding carboxylic acids is 1. The van der Waals surface area contributed by atoms with Crippen molar-refractivity contribution in [2.75, 3.05) is 25.0 Å². The number of amides is 1. The van der Waals surface area contributed by atoms with Crippen molar-refractivity contribution < 1.29 is 4.79 Å². The molecule has 1 aromatic heterocycles. The number of aryl methyl sites for hydroxylation is 1. The first-order valence-corrected chi connectivity index (χ1v) is 13.7. The lowest BCUT2D eigenvalue weighted by Crippen LogP contribution is -2.42. The zero-order chi connectivity index (χ0) is 26.5. The molecule has 0 spiro atoms. The zero-order valence-corrected chi connectivity index (χ0v) is 22.2. The summed E-state index contributed by atoms with van der Waals surface area (Å²) in [7, 11) is 0. The summed E-state index contributed by atoms with van der Waals surface area (Å²) in [6.45, 7) is 7.06. The van der Waals surface area contributed by atoms with Crippen LogP contribution < -0.4 is 26.8 Å². The van der Waals surface area contributed by atoms with Crippen molar-refractivity contribution in [3.63, 3.8) is 0 Å². The quantitative estimate of drug-likeness (QED) is 0.330. The summed E-state index contributed by atoms with van der Waals surface area (Å²) >= 11 is 0. The molecule has 8 heteroatoms. The number of benzene rings is 2. The van der Waals surface area contributed by atoms with E-state index in [0.29, 0.717) is 23.1 Å². The summed E-state index contributed by atoms with van der Waals surface area (Å²) in [5.41, 5.74) is 3.01. The second-order valence-electron chi connectivity index (χ2n) is 10.6. The van der Waals surface area contributed by atoms with Crippen LogP contribution in [0, 0.1) is 12.8 Å². The topological polar surface area (TPSA) is 100 Å². The highest BCUT2D eigenvalue weighted by molar-refractivity contribution is 5.95. The molecule has 200 valence electrons. The van der Waals surface area contributed by atoms with Crippen molar-refractivity contribution in [1.82, 2.24) is 25.5 Å². The van der Waals surface area contributed by atoms with Crippen LogP contribution in [0.3, 0.4) is 0 Å². The Labute approximate surface area is 224 Å². The van der Waals surface area contributed by atoms with Gasteiger partial charge >= 0.3 is 0 Å². The van der Waals surface area contributed by atoms with Crippen LogP contribution >= 0.6 is 0 Å². The number of anilines is 1. The molecule has 2 fully saturated rings. The molecule has 38 heavy (non-hydrogen) atoms. The molecular formula is C30H38N6O2. The Morgan fingerprint density at radius 2 is 1.84 bits per heavy atom. The van der Waals surface area contributed by atoms with E-state index in [2.05, 4.69) is 45.3 Å². The lowest BCUT2D eigenvalue weighted by molar-refractivity contribution is 0.0951. The number of hydrogen-bond donors (Lipinski definition) is 4. The van der Waals surface area contributed by atoms with E-state index in [1.165, 1.54) is 0 Å². The third-order valence-electron chi connectivity index (χ3n) is 7.57. The van der Waals surface area contributed by atoms with Crippen molar-refractivity contribution in [1.29, 1.82) is 0 Å². The Bertz CT molecular complexity index is 1300. The molecule has 1 aliphatic heterocycles. The largest absolute Gasteiger partial charge is 0.358 e. The first-order chi connectivity index (χ1) is 18.5. The average molecular weight is 515 g/mol. The third-order valence-corrected chi connectivity index (χ3v) is 7.57. The van der Waals surface area contributed by atoms with E-state index < -0.39 is 0 Å². The fourth-order valence-corrected chi connectivity index (χ4v) is 5.07. The fraction of sp³-hybridized carbons (Fsp3) is 0.433. The first-order valence-electron chi connectivity index (χ1n) is 13.7. The molecule has 1 saturated heterocycles. The number of piperidine rings is 1. The monoisotopic (exact) mass is 514 g/mol. The summed E-state index contributed by atoms with van der Waals surface area (Å²) < 4.78 is 1.58. The number of carbonyl (C=O) groups is 1. The maximum Gasteiger partial charge on any atom is 0.297 e. The molecule has 2 atom stereocenters. The lowest BCUT2D eigenvalue weighted by Gasteiger charge is -2.30. The van der Waals surface area contributed by atoms with E-state index in [0.717, 1.165) is 56.4 Å². The zero-order valence-electron chi connectivity index (χ0n) is 22.2. The second kappa shape index (κ2) is 11.9. The summed E-state index contributed by atoms with van der Waals surface area (Å²) in [6.07, 6.45) is 7.60. The van der Waals surface area contributed by atoms with Gasteiger partial charge in [0, 0.05) is 36.6 Å². The van der Waals surface area contributed by atoms with E-state index in [-0.39, 0.29) is 29.5 Å². The van der Waals surface area contributed by atoms with E-state index in [1.807, 2.05) is 37.3 Å². The van der Waals surface area contributed by atoms with Crippen molar-refractivity contribution in [3.8, 4) is 5.69 Å². The van der Waals surface area contributed by atoms with Gasteiger partial charge in [0.1, 0.15) is 0 Å². The minimum Gasteiger partial charge on any atom is -0.358 e.